The van der Waals surface area contributed by atoms with Gasteiger partial charge in [0.15, 0.2) is 0 Å². The van der Waals surface area contributed by atoms with Crippen LogP contribution in [0.15, 0.2) is 67.0 Å². The Balaban J connectivity index is 1.60. The van der Waals surface area contributed by atoms with Gasteiger partial charge in [0.05, 0.1) is 0 Å². The molecule has 136 valence electrons. The van der Waals surface area contributed by atoms with Gasteiger partial charge in [-0.2, -0.15) is 0 Å². The maximum Gasteiger partial charge on any atom is 0.326 e. The van der Waals surface area contributed by atoms with Crippen molar-refractivity contribution in [1.82, 2.24) is 10.3 Å². The zero-order valence-corrected chi connectivity index (χ0v) is 14.1. The molecule has 0 saturated carbocycles. The number of hydrogen-bond acceptors (Lipinski definition) is 3. The third-order valence-electron chi connectivity index (χ3n) is 3.79. The van der Waals surface area contributed by atoms with Crippen LogP contribution in [0.3, 0.4) is 0 Å². The molecule has 0 saturated heterocycles. The summed E-state index contributed by atoms with van der Waals surface area (Å²) >= 11 is 0. The minimum atomic E-state index is -1.16. The van der Waals surface area contributed by atoms with Crippen molar-refractivity contribution in [2.75, 3.05) is 5.32 Å². The van der Waals surface area contributed by atoms with E-state index in [0.717, 1.165) is 29.3 Å². The largest absolute Gasteiger partial charge is 0.326 e. The molecule has 1 heterocycles. The average Bonchev–Trinajstić information content (AvgIpc) is 2.64. The minimum Gasteiger partial charge on any atom is -0.308 e. The van der Waals surface area contributed by atoms with Crippen LogP contribution in [0.25, 0.3) is 0 Å². The van der Waals surface area contributed by atoms with E-state index in [-0.39, 0.29) is 0 Å². The van der Waals surface area contributed by atoms with Gasteiger partial charge < -0.3 is 5.32 Å². The second-order valence-electron chi connectivity index (χ2n) is 5.73. The number of urea groups is 1. The molecular weight excluding hydrogens is 352 g/mol. The Bertz CT molecular complexity index is 940. The van der Waals surface area contributed by atoms with Crippen LogP contribution in [0.4, 0.5) is 19.3 Å². The third kappa shape index (κ3) is 4.72. The first-order valence-electron chi connectivity index (χ1n) is 8.07. The van der Waals surface area contributed by atoms with Crippen molar-refractivity contribution in [3.05, 3.63) is 95.3 Å². The molecule has 2 N–H and O–H groups in total. The van der Waals surface area contributed by atoms with Gasteiger partial charge in [0.2, 0.25) is 0 Å². The lowest BCUT2D eigenvalue weighted by molar-refractivity contribution is 0.0959. The number of anilines is 1. The first-order valence-corrected chi connectivity index (χ1v) is 8.07. The fraction of sp³-hybridized carbons (Fsp3) is 0.0500. The summed E-state index contributed by atoms with van der Waals surface area (Å²) in [6.45, 7) is 0. The topological polar surface area (TPSA) is 71.1 Å². The van der Waals surface area contributed by atoms with E-state index in [1.807, 2.05) is 29.6 Å². The highest BCUT2D eigenvalue weighted by Crippen LogP contribution is 2.14. The fourth-order valence-corrected chi connectivity index (χ4v) is 2.48. The zero-order valence-electron chi connectivity index (χ0n) is 14.1. The van der Waals surface area contributed by atoms with E-state index >= 15 is 0 Å². The molecule has 27 heavy (non-hydrogen) atoms. The molecule has 0 radical (unpaired) electrons. The Kier molecular flexibility index (Phi) is 5.51. The summed E-state index contributed by atoms with van der Waals surface area (Å²) in [7, 11) is 0. The Hall–Kier alpha value is -3.61. The molecule has 0 spiro atoms. The molecule has 2 aromatic carbocycles. The van der Waals surface area contributed by atoms with Gasteiger partial charge in [-0.05, 0) is 53.9 Å². The summed E-state index contributed by atoms with van der Waals surface area (Å²) in [5.74, 6) is -3.24. The molecule has 3 aromatic rings. The Morgan fingerprint density at radius 2 is 1.44 bits per heavy atom. The van der Waals surface area contributed by atoms with Crippen LogP contribution in [0.2, 0.25) is 0 Å². The number of carbonyl (C=O) groups is 2. The van der Waals surface area contributed by atoms with Gasteiger partial charge in [0.1, 0.15) is 17.2 Å². The molecular formula is C20H15F2N3O2. The fourth-order valence-electron chi connectivity index (χ4n) is 2.48. The predicted molar refractivity (Wildman–Crippen MR) is 96.3 cm³/mol. The van der Waals surface area contributed by atoms with E-state index in [0.29, 0.717) is 12.1 Å². The monoisotopic (exact) mass is 367 g/mol. The first kappa shape index (κ1) is 18.2. The molecule has 0 fully saturated rings. The van der Waals surface area contributed by atoms with E-state index < -0.39 is 29.1 Å². The van der Waals surface area contributed by atoms with Crippen molar-refractivity contribution in [2.45, 2.75) is 6.42 Å². The van der Waals surface area contributed by atoms with Gasteiger partial charge in [-0.15, -0.1) is 0 Å². The van der Waals surface area contributed by atoms with E-state index in [9.17, 15) is 18.4 Å². The second-order valence-corrected chi connectivity index (χ2v) is 5.73. The van der Waals surface area contributed by atoms with Gasteiger partial charge in [0, 0.05) is 18.1 Å². The van der Waals surface area contributed by atoms with Crippen LogP contribution in [0.5, 0.6) is 0 Å². The number of nitrogens with zero attached hydrogens (tertiary/aromatic N) is 1. The van der Waals surface area contributed by atoms with Gasteiger partial charge >= 0.3 is 6.03 Å². The summed E-state index contributed by atoms with van der Waals surface area (Å²) in [5.41, 5.74) is 1.76. The Morgan fingerprint density at radius 1 is 0.852 bits per heavy atom. The van der Waals surface area contributed by atoms with E-state index in [4.69, 9.17) is 0 Å². The highest BCUT2D eigenvalue weighted by atomic mass is 19.1. The van der Waals surface area contributed by atoms with Gasteiger partial charge in [-0.25, -0.2) is 13.6 Å². The summed E-state index contributed by atoms with van der Waals surface area (Å²) in [6, 6.07) is 12.9. The molecule has 0 aliphatic heterocycles. The molecule has 3 rings (SSSR count). The lowest BCUT2D eigenvalue weighted by Crippen LogP contribution is -2.35. The smallest absolute Gasteiger partial charge is 0.308 e. The standard InChI is InChI=1S/C20H15F2N3O2/c21-16-2-1-3-17(22)18(16)19(26)25-20(27)24-15-6-4-13(5-7-15)12-14-8-10-23-11-9-14/h1-11H,12H2,(H2,24,25,26,27). The summed E-state index contributed by atoms with van der Waals surface area (Å²) in [5, 5.41) is 4.35. The van der Waals surface area contributed by atoms with Gasteiger partial charge in [0.25, 0.3) is 5.91 Å². The Labute approximate surface area is 154 Å². The number of hydrogen-bond donors (Lipinski definition) is 2. The van der Waals surface area contributed by atoms with E-state index in [1.54, 1.807) is 24.5 Å². The molecule has 1 aromatic heterocycles. The number of rotatable bonds is 4. The summed E-state index contributed by atoms with van der Waals surface area (Å²) in [6.07, 6.45) is 4.13. The maximum absolute atomic E-state index is 13.6. The quantitative estimate of drug-likeness (QED) is 0.734. The summed E-state index contributed by atoms with van der Waals surface area (Å²) in [4.78, 5) is 27.7. The van der Waals surface area contributed by atoms with Crippen molar-refractivity contribution in [3.63, 3.8) is 0 Å². The van der Waals surface area contributed by atoms with Crippen molar-refractivity contribution >= 4 is 17.6 Å². The second kappa shape index (κ2) is 8.18. The number of nitrogens with one attached hydrogen (secondary N) is 2. The van der Waals surface area contributed by atoms with Crippen molar-refractivity contribution < 1.29 is 18.4 Å². The number of carbonyl (C=O) groups excluding carboxylic acids is 2. The zero-order chi connectivity index (χ0) is 19.2. The first-order chi connectivity index (χ1) is 13.0. The van der Waals surface area contributed by atoms with Crippen LogP contribution in [0.1, 0.15) is 21.5 Å². The maximum atomic E-state index is 13.6. The molecule has 0 aliphatic rings. The van der Waals surface area contributed by atoms with E-state index in [2.05, 4.69) is 10.3 Å². The minimum absolute atomic E-state index is 0.438. The molecule has 3 amide bonds. The van der Waals surface area contributed by atoms with Crippen LogP contribution >= 0.6 is 0 Å². The summed E-state index contributed by atoms with van der Waals surface area (Å²) < 4.78 is 27.1. The van der Waals surface area contributed by atoms with E-state index in [1.165, 1.54) is 0 Å². The highest BCUT2D eigenvalue weighted by molar-refractivity contribution is 6.08. The number of pyridine rings is 1. The van der Waals surface area contributed by atoms with Crippen molar-refractivity contribution in [3.8, 4) is 0 Å². The number of imide groups is 1. The van der Waals surface area contributed by atoms with Crippen LogP contribution in [-0.4, -0.2) is 16.9 Å². The number of benzene rings is 2. The van der Waals surface area contributed by atoms with Crippen LogP contribution < -0.4 is 10.6 Å². The predicted octanol–water partition coefficient (Wildman–Crippen LogP) is 3.91. The third-order valence-corrected chi connectivity index (χ3v) is 3.79. The van der Waals surface area contributed by atoms with Gasteiger partial charge in [-0.1, -0.05) is 18.2 Å². The molecule has 7 heteroatoms. The Morgan fingerprint density at radius 3 is 2.07 bits per heavy atom. The molecule has 0 bridgehead atoms. The SMILES string of the molecule is O=C(NC(=O)c1c(F)cccc1F)Nc1ccc(Cc2ccncc2)cc1. The van der Waals surface area contributed by atoms with Crippen LogP contribution in [-0.2, 0) is 6.42 Å². The highest BCUT2D eigenvalue weighted by Gasteiger charge is 2.19. The number of aromatic nitrogens is 1. The lowest BCUT2D eigenvalue weighted by Gasteiger charge is -2.09. The van der Waals surface area contributed by atoms with Gasteiger partial charge in [-0.3, -0.25) is 15.1 Å². The average molecular weight is 367 g/mol. The normalized spacial score (nSPS) is 10.3. The number of halogens is 2. The van der Waals surface area contributed by atoms with Crippen molar-refractivity contribution in [1.29, 1.82) is 0 Å². The number of amides is 3. The van der Waals surface area contributed by atoms with Crippen molar-refractivity contribution in [2.24, 2.45) is 0 Å². The molecule has 0 atom stereocenters. The molecule has 5 nitrogen and oxygen atoms in total. The molecule has 0 aliphatic carbocycles. The van der Waals surface area contributed by atoms with Crippen LogP contribution in [0, 0.1) is 11.6 Å². The lowest BCUT2D eigenvalue weighted by atomic mass is 10.1. The molecule has 0 unspecified atom stereocenters.